The van der Waals surface area contributed by atoms with Gasteiger partial charge in [0.2, 0.25) is 0 Å². The normalized spacial score (nSPS) is 12.0. The molecule has 21 heavy (non-hydrogen) atoms. The molecule has 0 fully saturated rings. The van der Waals surface area contributed by atoms with Crippen molar-refractivity contribution >= 4 is 0 Å². The third kappa shape index (κ3) is 2.72. The summed E-state index contributed by atoms with van der Waals surface area (Å²) in [5, 5.41) is 0. The fourth-order valence-electron chi connectivity index (χ4n) is 2.44. The molecule has 1 aromatic carbocycles. The van der Waals surface area contributed by atoms with E-state index in [1.54, 1.807) is 12.4 Å². The van der Waals surface area contributed by atoms with Crippen LogP contribution in [0.2, 0.25) is 0 Å². The first-order chi connectivity index (χ1) is 10.1. The highest BCUT2D eigenvalue weighted by Crippen LogP contribution is 2.33. The largest absolute Gasteiger partial charge is 0.416 e. The van der Waals surface area contributed by atoms with Crippen LogP contribution in [0.1, 0.15) is 28.4 Å². The molecule has 2 heterocycles. The SMILES string of the molecule is FC(F)(F)c1ccc(C(c2ccc[nH]2)c2ccc[nH]2)cc1. The Bertz CT molecular complexity index is 646. The average Bonchev–Trinajstić information content (AvgIpc) is 3.12. The van der Waals surface area contributed by atoms with Crippen LogP contribution in [0, 0.1) is 0 Å². The summed E-state index contributed by atoms with van der Waals surface area (Å²) in [5.74, 6) is -0.141. The van der Waals surface area contributed by atoms with Crippen molar-refractivity contribution in [3.8, 4) is 0 Å². The lowest BCUT2D eigenvalue weighted by Gasteiger charge is -2.16. The van der Waals surface area contributed by atoms with Gasteiger partial charge in [-0.2, -0.15) is 13.2 Å². The van der Waals surface area contributed by atoms with Crippen molar-refractivity contribution < 1.29 is 13.2 Å². The van der Waals surface area contributed by atoms with Crippen LogP contribution in [0.4, 0.5) is 13.2 Å². The monoisotopic (exact) mass is 290 g/mol. The molecule has 0 saturated heterocycles. The van der Waals surface area contributed by atoms with Gasteiger partial charge >= 0.3 is 6.18 Å². The van der Waals surface area contributed by atoms with Gasteiger partial charge in [-0.05, 0) is 42.0 Å². The zero-order chi connectivity index (χ0) is 14.9. The molecule has 5 heteroatoms. The van der Waals surface area contributed by atoms with E-state index in [2.05, 4.69) is 9.97 Å². The maximum atomic E-state index is 12.7. The van der Waals surface area contributed by atoms with Gasteiger partial charge < -0.3 is 9.97 Å². The second-order valence-corrected chi connectivity index (χ2v) is 4.80. The van der Waals surface area contributed by atoms with E-state index in [1.807, 2.05) is 24.3 Å². The maximum absolute atomic E-state index is 12.7. The molecular formula is C16H13F3N2. The van der Waals surface area contributed by atoms with Gasteiger partial charge in [0.15, 0.2) is 0 Å². The van der Waals surface area contributed by atoms with Crippen LogP contribution in [0.25, 0.3) is 0 Å². The first-order valence-corrected chi connectivity index (χ1v) is 6.49. The number of nitrogens with one attached hydrogen (secondary N) is 2. The number of H-pyrrole nitrogens is 2. The minimum Gasteiger partial charge on any atom is -0.364 e. The quantitative estimate of drug-likeness (QED) is 0.709. The van der Waals surface area contributed by atoms with Crippen molar-refractivity contribution in [3.63, 3.8) is 0 Å². The number of hydrogen-bond acceptors (Lipinski definition) is 0. The first kappa shape index (κ1) is 13.5. The summed E-state index contributed by atoms with van der Waals surface area (Å²) < 4.78 is 38.0. The summed E-state index contributed by atoms with van der Waals surface area (Å²) in [5.41, 5.74) is 2.02. The lowest BCUT2D eigenvalue weighted by atomic mass is 9.92. The van der Waals surface area contributed by atoms with Gasteiger partial charge in [-0.15, -0.1) is 0 Å². The lowest BCUT2D eigenvalue weighted by Crippen LogP contribution is -2.07. The Morgan fingerprint density at radius 1 is 0.762 bits per heavy atom. The first-order valence-electron chi connectivity index (χ1n) is 6.49. The van der Waals surface area contributed by atoms with Crippen LogP contribution in [-0.4, -0.2) is 9.97 Å². The Balaban J connectivity index is 2.02. The van der Waals surface area contributed by atoms with Crippen molar-refractivity contribution in [1.82, 2.24) is 9.97 Å². The summed E-state index contributed by atoms with van der Waals surface area (Å²) in [7, 11) is 0. The van der Waals surface area contributed by atoms with E-state index in [-0.39, 0.29) is 5.92 Å². The minimum absolute atomic E-state index is 0.141. The number of aromatic amines is 2. The van der Waals surface area contributed by atoms with E-state index < -0.39 is 11.7 Å². The van der Waals surface area contributed by atoms with E-state index in [9.17, 15) is 13.2 Å². The van der Waals surface area contributed by atoms with Gasteiger partial charge in [-0.25, -0.2) is 0 Å². The summed E-state index contributed by atoms with van der Waals surface area (Å²) in [6.45, 7) is 0. The molecule has 0 aliphatic heterocycles. The van der Waals surface area contributed by atoms with Crippen LogP contribution in [0.15, 0.2) is 60.9 Å². The predicted octanol–water partition coefficient (Wildman–Crippen LogP) is 4.54. The van der Waals surface area contributed by atoms with Crippen LogP contribution >= 0.6 is 0 Å². The molecule has 0 bridgehead atoms. The van der Waals surface area contributed by atoms with Crippen molar-refractivity contribution in [1.29, 1.82) is 0 Å². The van der Waals surface area contributed by atoms with Crippen molar-refractivity contribution in [3.05, 3.63) is 83.4 Å². The summed E-state index contributed by atoms with van der Waals surface area (Å²) in [4.78, 5) is 6.25. The van der Waals surface area contributed by atoms with Crippen LogP contribution in [-0.2, 0) is 6.18 Å². The van der Waals surface area contributed by atoms with Gasteiger partial charge in [-0.1, -0.05) is 12.1 Å². The molecule has 3 aromatic rings. The fraction of sp³-hybridized carbons (Fsp3) is 0.125. The number of hydrogen-bond donors (Lipinski definition) is 2. The number of halogens is 3. The number of benzene rings is 1. The second kappa shape index (κ2) is 5.16. The van der Waals surface area contributed by atoms with Crippen LogP contribution in [0.5, 0.6) is 0 Å². The molecule has 0 spiro atoms. The summed E-state index contributed by atoms with van der Waals surface area (Å²) in [6.07, 6.45) is -0.711. The van der Waals surface area contributed by atoms with E-state index >= 15 is 0 Å². The fourth-order valence-corrected chi connectivity index (χ4v) is 2.44. The zero-order valence-electron chi connectivity index (χ0n) is 11.0. The molecule has 0 amide bonds. The molecule has 0 aliphatic carbocycles. The molecule has 0 unspecified atom stereocenters. The third-order valence-corrected chi connectivity index (χ3v) is 3.44. The third-order valence-electron chi connectivity index (χ3n) is 3.44. The van der Waals surface area contributed by atoms with Gasteiger partial charge in [0.1, 0.15) is 0 Å². The highest BCUT2D eigenvalue weighted by atomic mass is 19.4. The summed E-state index contributed by atoms with van der Waals surface area (Å²) in [6, 6.07) is 12.9. The van der Waals surface area contributed by atoms with Crippen LogP contribution in [0.3, 0.4) is 0 Å². The molecule has 0 atom stereocenters. The molecule has 2 N–H and O–H groups in total. The zero-order valence-corrected chi connectivity index (χ0v) is 11.0. The van der Waals surface area contributed by atoms with Gasteiger partial charge in [0, 0.05) is 23.8 Å². The van der Waals surface area contributed by atoms with E-state index in [4.69, 9.17) is 0 Å². The highest BCUT2D eigenvalue weighted by Gasteiger charge is 2.30. The maximum Gasteiger partial charge on any atom is 0.416 e. The van der Waals surface area contributed by atoms with Gasteiger partial charge in [0.25, 0.3) is 0 Å². The summed E-state index contributed by atoms with van der Waals surface area (Å²) >= 11 is 0. The molecule has 2 nitrogen and oxygen atoms in total. The number of aromatic nitrogens is 2. The molecule has 2 aromatic heterocycles. The molecule has 0 aliphatic rings. The molecule has 0 radical (unpaired) electrons. The van der Waals surface area contributed by atoms with Crippen molar-refractivity contribution in [2.75, 3.05) is 0 Å². The number of rotatable bonds is 3. The standard InChI is InChI=1S/C16H13F3N2/c17-16(18,19)12-7-5-11(6-8-12)15(13-3-1-9-20-13)14-4-2-10-21-14/h1-10,15,20-21H. The van der Waals surface area contributed by atoms with Crippen molar-refractivity contribution in [2.24, 2.45) is 0 Å². The second-order valence-electron chi connectivity index (χ2n) is 4.80. The average molecular weight is 290 g/mol. The Kier molecular flexibility index (Phi) is 3.33. The topological polar surface area (TPSA) is 31.6 Å². The van der Waals surface area contributed by atoms with Crippen molar-refractivity contribution in [2.45, 2.75) is 12.1 Å². The molecule has 3 rings (SSSR count). The molecule has 108 valence electrons. The van der Waals surface area contributed by atoms with E-state index in [0.29, 0.717) is 0 Å². The Morgan fingerprint density at radius 2 is 1.29 bits per heavy atom. The van der Waals surface area contributed by atoms with Crippen LogP contribution < -0.4 is 0 Å². The Labute approximate surface area is 119 Å². The van der Waals surface area contributed by atoms with E-state index in [0.717, 1.165) is 29.1 Å². The van der Waals surface area contributed by atoms with Gasteiger partial charge in [-0.3, -0.25) is 0 Å². The number of alkyl halides is 3. The lowest BCUT2D eigenvalue weighted by molar-refractivity contribution is -0.137. The molecule has 0 saturated carbocycles. The highest BCUT2D eigenvalue weighted by molar-refractivity contribution is 5.39. The van der Waals surface area contributed by atoms with Gasteiger partial charge in [0.05, 0.1) is 11.5 Å². The minimum atomic E-state index is -4.31. The molecular weight excluding hydrogens is 277 g/mol. The smallest absolute Gasteiger partial charge is 0.364 e. The predicted molar refractivity (Wildman–Crippen MR) is 74.0 cm³/mol. The van der Waals surface area contributed by atoms with E-state index in [1.165, 1.54) is 12.1 Å². The Hall–Kier alpha value is -2.43. The Morgan fingerprint density at radius 3 is 1.67 bits per heavy atom.